The fraction of sp³-hybridized carbons (Fsp3) is 0.231. The van der Waals surface area contributed by atoms with Crippen LogP contribution in [0.4, 0.5) is 5.82 Å². The number of benzene rings is 1. The van der Waals surface area contributed by atoms with Crippen LogP contribution in [0, 0.1) is 20.8 Å². The fourth-order valence-corrected chi connectivity index (χ4v) is 1.67. The Hall–Kier alpha value is -1.81. The van der Waals surface area contributed by atoms with E-state index in [4.69, 9.17) is 22.1 Å². The smallest absolute Gasteiger partial charge is 0.227 e. The summed E-state index contributed by atoms with van der Waals surface area (Å²) in [5, 5.41) is 0.537. The van der Waals surface area contributed by atoms with Gasteiger partial charge in [0.2, 0.25) is 5.88 Å². The summed E-state index contributed by atoms with van der Waals surface area (Å²) in [6.45, 7) is 5.55. The molecule has 0 amide bonds. The molecule has 2 aromatic rings. The summed E-state index contributed by atoms with van der Waals surface area (Å²) in [6.07, 6.45) is 0. The summed E-state index contributed by atoms with van der Waals surface area (Å²) in [5.74, 6) is 1.99. The van der Waals surface area contributed by atoms with Gasteiger partial charge in [0.15, 0.2) is 0 Å². The lowest BCUT2D eigenvalue weighted by Crippen LogP contribution is -2.02. The van der Waals surface area contributed by atoms with Crippen molar-refractivity contribution in [2.45, 2.75) is 20.8 Å². The number of hydrogen-bond donors (Lipinski definition) is 1. The molecule has 1 heterocycles. The first-order valence-corrected chi connectivity index (χ1v) is 5.90. The number of hydrogen-bond acceptors (Lipinski definition) is 4. The Bertz CT molecular complexity index is 599. The second kappa shape index (κ2) is 4.82. The van der Waals surface area contributed by atoms with Crippen molar-refractivity contribution in [2.24, 2.45) is 0 Å². The van der Waals surface area contributed by atoms with Gasteiger partial charge in [-0.3, -0.25) is 0 Å². The zero-order valence-electron chi connectivity index (χ0n) is 10.5. The van der Waals surface area contributed by atoms with Crippen LogP contribution in [0.15, 0.2) is 18.2 Å². The molecule has 94 valence electrons. The minimum absolute atomic E-state index is 0.418. The number of nitrogens with zero attached hydrogens (tertiary/aromatic N) is 2. The lowest BCUT2D eigenvalue weighted by atomic mass is 10.2. The molecule has 0 aliphatic carbocycles. The van der Waals surface area contributed by atoms with Gasteiger partial charge in [0, 0.05) is 0 Å². The van der Waals surface area contributed by atoms with Gasteiger partial charge in [-0.15, -0.1) is 0 Å². The van der Waals surface area contributed by atoms with Crippen molar-refractivity contribution >= 4 is 17.4 Å². The third-order valence-electron chi connectivity index (χ3n) is 2.54. The van der Waals surface area contributed by atoms with E-state index >= 15 is 0 Å². The van der Waals surface area contributed by atoms with E-state index in [9.17, 15) is 0 Å². The third-order valence-corrected chi connectivity index (χ3v) is 2.86. The number of aromatic nitrogens is 2. The predicted molar refractivity (Wildman–Crippen MR) is 72.2 cm³/mol. The van der Waals surface area contributed by atoms with Crippen molar-refractivity contribution in [2.75, 3.05) is 5.73 Å². The monoisotopic (exact) mass is 263 g/mol. The summed E-state index contributed by atoms with van der Waals surface area (Å²) in [4.78, 5) is 8.30. The standard InChI is InChI=1S/C13H14ClN3O/c1-7-4-5-10(14)11(6-7)18-13-8(2)12(15)16-9(3)17-13/h4-6H,1-3H3,(H2,15,16,17). The molecule has 0 bridgehead atoms. The van der Waals surface area contributed by atoms with E-state index in [0.29, 0.717) is 33.9 Å². The number of aryl methyl sites for hydroxylation is 2. The lowest BCUT2D eigenvalue weighted by Gasteiger charge is -2.11. The van der Waals surface area contributed by atoms with Gasteiger partial charge in [-0.2, -0.15) is 4.98 Å². The number of rotatable bonds is 2. The van der Waals surface area contributed by atoms with E-state index < -0.39 is 0 Å². The van der Waals surface area contributed by atoms with Crippen LogP contribution in [0.2, 0.25) is 5.02 Å². The normalized spacial score (nSPS) is 10.4. The molecule has 4 nitrogen and oxygen atoms in total. The van der Waals surface area contributed by atoms with Gasteiger partial charge in [-0.25, -0.2) is 4.98 Å². The SMILES string of the molecule is Cc1ccc(Cl)c(Oc2nc(C)nc(N)c2C)c1. The first-order chi connectivity index (χ1) is 8.47. The quantitative estimate of drug-likeness (QED) is 0.902. The Labute approximate surface area is 111 Å². The molecule has 1 aromatic heterocycles. The van der Waals surface area contributed by atoms with Crippen LogP contribution in [0.1, 0.15) is 17.0 Å². The van der Waals surface area contributed by atoms with Crippen LogP contribution in [-0.2, 0) is 0 Å². The van der Waals surface area contributed by atoms with Crippen molar-refractivity contribution in [1.82, 2.24) is 9.97 Å². The van der Waals surface area contributed by atoms with Gasteiger partial charge in [-0.1, -0.05) is 17.7 Å². The number of nitrogen functional groups attached to an aromatic ring is 1. The third kappa shape index (κ3) is 2.54. The minimum Gasteiger partial charge on any atom is -0.437 e. The van der Waals surface area contributed by atoms with Crippen LogP contribution in [0.3, 0.4) is 0 Å². The Kier molecular flexibility index (Phi) is 3.39. The number of nitrogens with two attached hydrogens (primary N) is 1. The average Bonchev–Trinajstić information content (AvgIpc) is 2.30. The number of anilines is 1. The van der Waals surface area contributed by atoms with Gasteiger partial charge in [-0.05, 0) is 38.5 Å². The van der Waals surface area contributed by atoms with Crippen LogP contribution >= 0.6 is 11.6 Å². The molecule has 2 N–H and O–H groups in total. The molecular weight excluding hydrogens is 250 g/mol. The van der Waals surface area contributed by atoms with E-state index in [2.05, 4.69) is 9.97 Å². The van der Waals surface area contributed by atoms with Crippen molar-refractivity contribution in [3.8, 4) is 11.6 Å². The van der Waals surface area contributed by atoms with Crippen LogP contribution in [0.5, 0.6) is 11.6 Å². The van der Waals surface area contributed by atoms with Crippen molar-refractivity contribution < 1.29 is 4.74 Å². The molecule has 0 unspecified atom stereocenters. The number of halogens is 1. The summed E-state index contributed by atoms with van der Waals surface area (Å²) in [7, 11) is 0. The highest BCUT2D eigenvalue weighted by molar-refractivity contribution is 6.32. The molecule has 0 radical (unpaired) electrons. The first kappa shape index (κ1) is 12.6. The first-order valence-electron chi connectivity index (χ1n) is 5.52. The largest absolute Gasteiger partial charge is 0.437 e. The highest BCUT2D eigenvalue weighted by atomic mass is 35.5. The van der Waals surface area contributed by atoms with Crippen LogP contribution in [0.25, 0.3) is 0 Å². The Balaban J connectivity index is 2.43. The van der Waals surface area contributed by atoms with Gasteiger partial charge < -0.3 is 10.5 Å². The Morgan fingerprint density at radius 1 is 1.17 bits per heavy atom. The van der Waals surface area contributed by atoms with E-state index in [1.54, 1.807) is 13.0 Å². The Morgan fingerprint density at radius 2 is 1.89 bits per heavy atom. The molecule has 0 saturated heterocycles. The van der Waals surface area contributed by atoms with E-state index in [1.165, 1.54) is 0 Å². The molecule has 0 aliphatic rings. The van der Waals surface area contributed by atoms with Crippen LogP contribution in [-0.4, -0.2) is 9.97 Å². The molecular formula is C13H14ClN3O. The minimum atomic E-state index is 0.418. The van der Waals surface area contributed by atoms with E-state index in [-0.39, 0.29) is 0 Å². The predicted octanol–water partition coefficient (Wildman–Crippen LogP) is 3.43. The second-order valence-corrected chi connectivity index (χ2v) is 4.53. The zero-order chi connectivity index (χ0) is 13.3. The van der Waals surface area contributed by atoms with Crippen molar-refractivity contribution in [3.05, 3.63) is 40.2 Å². The molecule has 18 heavy (non-hydrogen) atoms. The summed E-state index contributed by atoms with van der Waals surface area (Å²) in [5.41, 5.74) is 7.55. The van der Waals surface area contributed by atoms with E-state index in [1.807, 2.05) is 26.0 Å². The molecule has 1 aromatic carbocycles. The lowest BCUT2D eigenvalue weighted by molar-refractivity contribution is 0.456. The zero-order valence-corrected chi connectivity index (χ0v) is 11.2. The van der Waals surface area contributed by atoms with Gasteiger partial charge >= 0.3 is 0 Å². The summed E-state index contributed by atoms with van der Waals surface area (Å²) < 4.78 is 5.72. The molecule has 0 spiro atoms. The summed E-state index contributed by atoms with van der Waals surface area (Å²) >= 11 is 6.08. The van der Waals surface area contributed by atoms with Crippen LogP contribution < -0.4 is 10.5 Å². The molecule has 0 fully saturated rings. The van der Waals surface area contributed by atoms with Gasteiger partial charge in [0.1, 0.15) is 17.4 Å². The molecule has 5 heteroatoms. The maximum Gasteiger partial charge on any atom is 0.227 e. The van der Waals surface area contributed by atoms with Crippen molar-refractivity contribution in [3.63, 3.8) is 0 Å². The molecule has 0 aliphatic heterocycles. The van der Waals surface area contributed by atoms with E-state index in [0.717, 1.165) is 5.56 Å². The maximum absolute atomic E-state index is 6.08. The number of ether oxygens (including phenoxy) is 1. The molecule has 0 saturated carbocycles. The fourth-order valence-electron chi connectivity index (χ4n) is 1.52. The van der Waals surface area contributed by atoms with Gasteiger partial charge in [0.25, 0.3) is 0 Å². The Morgan fingerprint density at radius 3 is 2.61 bits per heavy atom. The highest BCUT2D eigenvalue weighted by Gasteiger charge is 2.11. The average molecular weight is 264 g/mol. The molecule has 0 atom stereocenters. The summed E-state index contributed by atoms with van der Waals surface area (Å²) in [6, 6.07) is 5.57. The highest BCUT2D eigenvalue weighted by Crippen LogP contribution is 2.31. The molecule has 2 rings (SSSR count). The maximum atomic E-state index is 6.08. The van der Waals surface area contributed by atoms with Crippen molar-refractivity contribution in [1.29, 1.82) is 0 Å². The van der Waals surface area contributed by atoms with Gasteiger partial charge in [0.05, 0.1) is 10.6 Å². The topological polar surface area (TPSA) is 61.0 Å². The second-order valence-electron chi connectivity index (χ2n) is 4.12.